The van der Waals surface area contributed by atoms with E-state index in [9.17, 15) is 4.79 Å². The van der Waals surface area contributed by atoms with Gasteiger partial charge in [-0.05, 0) is 26.3 Å². The van der Waals surface area contributed by atoms with Crippen molar-refractivity contribution in [1.82, 2.24) is 9.97 Å². The van der Waals surface area contributed by atoms with Crippen molar-refractivity contribution in [2.24, 2.45) is 0 Å². The zero-order valence-corrected chi connectivity index (χ0v) is 10.9. The molecule has 6 heteroatoms. The van der Waals surface area contributed by atoms with Crippen LogP contribution in [0, 0.1) is 6.92 Å². The van der Waals surface area contributed by atoms with Gasteiger partial charge < -0.3 is 4.74 Å². The number of nitrogens with zero attached hydrogens (tertiary/aromatic N) is 2. The van der Waals surface area contributed by atoms with E-state index in [4.69, 9.17) is 16.3 Å². The van der Waals surface area contributed by atoms with Crippen molar-refractivity contribution in [3.63, 3.8) is 0 Å². The Balaban J connectivity index is 2.50. The fourth-order valence-electron chi connectivity index (χ4n) is 1.23. The van der Waals surface area contributed by atoms with Gasteiger partial charge in [-0.2, -0.15) is 0 Å². The van der Waals surface area contributed by atoms with E-state index in [1.54, 1.807) is 20.1 Å². The van der Waals surface area contributed by atoms with E-state index < -0.39 is 0 Å². The van der Waals surface area contributed by atoms with Crippen LogP contribution in [0.3, 0.4) is 0 Å². The number of nitrogens with one attached hydrogen (secondary N) is 1. The lowest BCUT2D eigenvalue weighted by Crippen LogP contribution is -2.16. The van der Waals surface area contributed by atoms with Gasteiger partial charge >= 0.3 is 0 Å². The van der Waals surface area contributed by atoms with Crippen molar-refractivity contribution < 1.29 is 9.53 Å². The number of amides is 1. The highest BCUT2D eigenvalue weighted by Gasteiger charge is 2.08. The lowest BCUT2D eigenvalue weighted by molar-refractivity contribution is -0.116. The molecule has 1 unspecified atom stereocenters. The number of ether oxygens (including phenoxy) is 1. The van der Waals surface area contributed by atoms with Gasteiger partial charge in [0, 0.05) is 19.2 Å². The van der Waals surface area contributed by atoms with Crippen molar-refractivity contribution in [2.45, 2.75) is 32.8 Å². The molecule has 1 N–H and O–H groups in total. The number of halogens is 1. The number of methoxy groups -OCH3 is 1. The van der Waals surface area contributed by atoms with Gasteiger partial charge in [-0.1, -0.05) is 11.6 Å². The molecule has 1 rings (SSSR count). The molecule has 0 aromatic carbocycles. The van der Waals surface area contributed by atoms with E-state index in [2.05, 4.69) is 15.3 Å². The van der Waals surface area contributed by atoms with Crippen molar-refractivity contribution >= 4 is 23.5 Å². The zero-order valence-electron chi connectivity index (χ0n) is 10.2. The Bertz CT molecular complexity index is 378. The first kappa shape index (κ1) is 13.9. The maximum Gasteiger partial charge on any atom is 0.231 e. The van der Waals surface area contributed by atoms with E-state index in [-0.39, 0.29) is 18.0 Å². The lowest BCUT2D eigenvalue weighted by Gasteiger charge is -2.09. The molecule has 5 nitrogen and oxygen atoms in total. The molecule has 1 amide bonds. The summed E-state index contributed by atoms with van der Waals surface area (Å²) >= 11 is 5.76. The molecule has 0 radical (unpaired) electrons. The standard InChI is InChI=1S/C11H16ClN3O2/c1-7-6-9(12)14-11(13-7)15-10(16)5-4-8(2)17-3/h6,8H,4-5H2,1-3H3,(H,13,14,15,16). The summed E-state index contributed by atoms with van der Waals surface area (Å²) < 4.78 is 5.06. The first-order valence-electron chi connectivity index (χ1n) is 5.35. The summed E-state index contributed by atoms with van der Waals surface area (Å²) in [5, 5.41) is 2.92. The molecule has 0 fully saturated rings. The van der Waals surface area contributed by atoms with Crippen LogP contribution in [0.4, 0.5) is 5.95 Å². The molecule has 0 aliphatic rings. The van der Waals surface area contributed by atoms with Crippen molar-refractivity contribution in [2.75, 3.05) is 12.4 Å². The molecule has 94 valence electrons. The van der Waals surface area contributed by atoms with Gasteiger partial charge in [0.05, 0.1) is 6.10 Å². The molecule has 0 saturated heterocycles. The number of aromatic nitrogens is 2. The molecule has 0 spiro atoms. The van der Waals surface area contributed by atoms with Gasteiger partial charge in [-0.15, -0.1) is 0 Å². The van der Waals surface area contributed by atoms with Crippen molar-refractivity contribution in [3.8, 4) is 0 Å². The Kier molecular flexibility index (Phi) is 5.31. The minimum absolute atomic E-state index is 0.0581. The molecule has 1 atom stereocenters. The number of carbonyl (C=O) groups is 1. The predicted octanol–water partition coefficient (Wildman–Crippen LogP) is 2.19. The summed E-state index contributed by atoms with van der Waals surface area (Å²) in [7, 11) is 1.62. The Morgan fingerprint density at radius 1 is 1.59 bits per heavy atom. The van der Waals surface area contributed by atoms with Crippen LogP contribution in [-0.2, 0) is 9.53 Å². The zero-order chi connectivity index (χ0) is 12.8. The van der Waals surface area contributed by atoms with Gasteiger partial charge in [0.1, 0.15) is 5.15 Å². The Morgan fingerprint density at radius 3 is 2.88 bits per heavy atom. The average molecular weight is 258 g/mol. The smallest absolute Gasteiger partial charge is 0.231 e. The number of aryl methyl sites for hydroxylation is 1. The van der Waals surface area contributed by atoms with Crippen molar-refractivity contribution in [1.29, 1.82) is 0 Å². The molecule has 0 bridgehead atoms. The maximum atomic E-state index is 11.6. The molecule has 1 aromatic rings. The van der Waals surface area contributed by atoms with Gasteiger partial charge in [-0.25, -0.2) is 9.97 Å². The summed E-state index contributed by atoms with van der Waals surface area (Å²) in [6, 6.07) is 1.63. The first-order chi connectivity index (χ1) is 8.01. The Hall–Kier alpha value is -1.20. The second-order valence-corrected chi connectivity index (χ2v) is 4.18. The summed E-state index contributed by atoms with van der Waals surface area (Å²) in [5.41, 5.74) is 0.713. The van der Waals surface area contributed by atoms with Gasteiger partial charge in [0.15, 0.2) is 0 Å². The van der Waals surface area contributed by atoms with E-state index in [0.29, 0.717) is 23.7 Å². The van der Waals surface area contributed by atoms with Gasteiger partial charge in [0.25, 0.3) is 0 Å². The highest BCUT2D eigenvalue weighted by atomic mass is 35.5. The van der Waals surface area contributed by atoms with E-state index in [1.807, 2.05) is 6.92 Å². The maximum absolute atomic E-state index is 11.6. The van der Waals surface area contributed by atoms with E-state index in [0.717, 1.165) is 0 Å². The SMILES string of the molecule is COC(C)CCC(=O)Nc1nc(C)cc(Cl)n1. The number of hydrogen-bond acceptors (Lipinski definition) is 4. The minimum atomic E-state index is -0.143. The molecule has 1 aromatic heterocycles. The lowest BCUT2D eigenvalue weighted by atomic mass is 10.2. The molecule has 0 saturated carbocycles. The average Bonchev–Trinajstić information content (AvgIpc) is 2.24. The molecular weight excluding hydrogens is 242 g/mol. The third-order valence-electron chi connectivity index (χ3n) is 2.25. The van der Waals surface area contributed by atoms with Gasteiger partial charge in [0.2, 0.25) is 11.9 Å². The predicted molar refractivity (Wildman–Crippen MR) is 66.1 cm³/mol. The number of anilines is 1. The summed E-state index contributed by atoms with van der Waals surface area (Å²) in [6.45, 7) is 3.70. The monoisotopic (exact) mass is 257 g/mol. The quantitative estimate of drug-likeness (QED) is 0.822. The third-order valence-corrected chi connectivity index (χ3v) is 2.45. The van der Waals surface area contributed by atoms with Crippen LogP contribution in [0.5, 0.6) is 0 Å². The van der Waals surface area contributed by atoms with Crippen LogP contribution in [0.25, 0.3) is 0 Å². The summed E-state index contributed by atoms with van der Waals surface area (Å²) in [4.78, 5) is 19.5. The summed E-state index contributed by atoms with van der Waals surface area (Å²) in [5.74, 6) is 0.0978. The molecule has 0 aliphatic carbocycles. The Morgan fingerprint density at radius 2 is 2.29 bits per heavy atom. The minimum Gasteiger partial charge on any atom is -0.382 e. The highest BCUT2D eigenvalue weighted by molar-refractivity contribution is 6.29. The first-order valence-corrected chi connectivity index (χ1v) is 5.73. The normalized spacial score (nSPS) is 12.2. The third kappa shape index (κ3) is 5.10. The Labute approximate surface area is 106 Å². The van der Waals surface area contributed by atoms with E-state index in [1.165, 1.54) is 0 Å². The fourth-order valence-corrected chi connectivity index (χ4v) is 1.46. The van der Waals surface area contributed by atoms with Crippen molar-refractivity contribution in [3.05, 3.63) is 16.9 Å². The second kappa shape index (κ2) is 6.51. The number of carbonyl (C=O) groups excluding carboxylic acids is 1. The second-order valence-electron chi connectivity index (χ2n) is 3.79. The molecular formula is C11H16ClN3O2. The highest BCUT2D eigenvalue weighted by Crippen LogP contribution is 2.10. The van der Waals surface area contributed by atoms with Gasteiger partial charge in [-0.3, -0.25) is 10.1 Å². The van der Waals surface area contributed by atoms with Crippen LogP contribution in [0.1, 0.15) is 25.5 Å². The molecule has 17 heavy (non-hydrogen) atoms. The number of hydrogen-bond donors (Lipinski definition) is 1. The topological polar surface area (TPSA) is 64.1 Å². The van der Waals surface area contributed by atoms with Crippen LogP contribution in [0.2, 0.25) is 5.15 Å². The number of rotatable bonds is 5. The van der Waals surface area contributed by atoms with Crippen LogP contribution in [0.15, 0.2) is 6.07 Å². The largest absolute Gasteiger partial charge is 0.382 e. The molecule has 1 heterocycles. The molecule has 0 aliphatic heterocycles. The van der Waals surface area contributed by atoms with Crippen LogP contribution < -0.4 is 5.32 Å². The van der Waals surface area contributed by atoms with Crippen LogP contribution >= 0.6 is 11.6 Å². The van der Waals surface area contributed by atoms with Crippen LogP contribution in [-0.4, -0.2) is 29.1 Å². The summed E-state index contributed by atoms with van der Waals surface area (Å²) in [6.07, 6.45) is 1.08. The fraction of sp³-hybridized carbons (Fsp3) is 0.545. The van der Waals surface area contributed by atoms with E-state index >= 15 is 0 Å².